The summed E-state index contributed by atoms with van der Waals surface area (Å²) in [6.45, 7) is 29.7. The fraction of sp³-hybridized carbons (Fsp3) is 0.469. The Labute approximate surface area is 227 Å². The van der Waals surface area contributed by atoms with E-state index in [0.717, 1.165) is 65.7 Å². The predicted octanol–water partition coefficient (Wildman–Crippen LogP) is 6.51. The van der Waals surface area contributed by atoms with Gasteiger partial charge in [-0.05, 0) is 64.1 Å². The molecule has 5 heteroatoms. The molecule has 0 amide bonds. The third kappa shape index (κ3) is 9.73. The first-order valence-electron chi connectivity index (χ1n) is 13.8. The first-order chi connectivity index (χ1) is 17.8. The topological polar surface area (TPSA) is 42.9 Å². The molecule has 0 saturated carbocycles. The first kappa shape index (κ1) is 32.0. The van der Waals surface area contributed by atoms with Crippen molar-refractivity contribution in [3.8, 4) is 0 Å². The Morgan fingerprint density at radius 2 is 1.70 bits per heavy atom. The van der Waals surface area contributed by atoms with Crippen LogP contribution in [0.25, 0.3) is 5.70 Å². The molecule has 2 heterocycles. The predicted molar refractivity (Wildman–Crippen MR) is 165 cm³/mol. The van der Waals surface area contributed by atoms with Crippen molar-refractivity contribution in [1.82, 2.24) is 20.4 Å². The Morgan fingerprint density at radius 1 is 1.05 bits per heavy atom. The van der Waals surface area contributed by atoms with Crippen molar-refractivity contribution in [2.24, 2.45) is 4.99 Å². The SMILES string of the molecule is C=C(NC(C)C)c1cc(C2=NCNC(C(/C=C\C(=C)N3CCN(C)CC3)=C/C)=C2)ccc1C.CC.CC. The van der Waals surface area contributed by atoms with Crippen LogP contribution >= 0.6 is 0 Å². The molecule has 0 bridgehead atoms. The third-order valence-electron chi connectivity index (χ3n) is 6.11. The van der Waals surface area contributed by atoms with Gasteiger partial charge in [0, 0.05) is 60.4 Å². The van der Waals surface area contributed by atoms with E-state index in [-0.39, 0.29) is 0 Å². The van der Waals surface area contributed by atoms with E-state index in [1.54, 1.807) is 0 Å². The molecule has 204 valence electrons. The zero-order valence-electron chi connectivity index (χ0n) is 24.9. The van der Waals surface area contributed by atoms with E-state index in [0.29, 0.717) is 12.7 Å². The number of allylic oxidation sites excluding steroid dienone is 4. The van der Waals surface area contributed by atoms with Gasteiger partial charge in [0.05, 0.1) is 5.71 Å². The maximum Gasteiger partial charge on any atom is 0.108 e. The van der Waals surface area contributed by atoms with Gasteiger partial charge in [0.15, 0.2) is 0 Å². The van der Waals surface area contributed by atoms with Gasteiger partial charge in [0.2, 0.25) is 0 Å². The smallest absolute Gasteiger partial charge is 0.108 e. The summed E-state index contributed by atoms with van der Waals surface area (Å²) in [5.74, 6) is 0. The van der Waals surface area contributed by atoms with E-state index in [4.69, 9.17) is 4.99 Å². The summed E-state index contributed by atoms with van der Waals surface area (Å²) in [5.41, 5.74) is 8.63. The number of likely N-dealkylation sites (N-methyl/N-ethyl adjacent to an activating group) is 1. The second-order valence-corrected chi connectivity index (χ2v) is 9.10. The zero-order chi connectivity index (χ0) is 28.0. The van der Waals surface area contributed by atoms with E-state index in [2.05, 4.69) is 111 Å². The number of aryl methyl sites for hydroxylation is 1. The molecular formula is C32H51N5. The Hall–Kier alpha value is -3.05. The van der Waals surface area contributed by atoms with Crippen molar-refractivity contribution in [1.29, 1.82) is 0 Å². The minimum atomic E-state index is 0.341. The van der Waals surface area contributed by atoms with Crippen molar-refractivity contribution in [3.63, 3.8) is 0 Å². The molecule has 0 atom stereocenters. The van der Waals surface area contributed by atoms with E-state index in [9.17, 15) is 0 Å². The Morgan fingerprint density at radius 3 is 2.30 bits per heavy atom. The first-order valence-corrected chi connectivity index (χ1v) is 13.8. The van der Waals surface area contributed by atoms with Crippen LogP contribution in [0.2, 0.25) is 0 Å². The second-order valence-electron chi connectivity index (χ2n) is 9.10. The normalized spacial score (nSPS) is 16.1. The lowest BCUT2D eigenvalue weighted by Gasteiger charge is -2.34. The molecule has 37 heavy (non-hydrogen) atoms. The third-order valence-corrected chi connectivity index (χ3v) is 6.11. The molecule has 1 aromatic carbocycles. The van der Waals surface area contributed by atoms with Gasteiger partial charge in [-0.3, -0.25) is 4.99 Å². The number of rotatable bonds is 8. The van der Waals surface area contributed by atoms with Gasteiger partial charge in [-0.1, -0.05) is 65.1 Å². The minimum Gasteiger partial charge on any atom is -0.383 e. The average Bonchev–Trinajstić information content (AvgIpc) is 2.91. The number of nitrogens with zero attached hydrogens (tertiary/aromatic N) is 3. The van der Waals surface area contributed by atoms with Crippen molar-refractivity contribution >= 4 is 11.4 Å². The van der Waals surface area contributed by atoms with E-state index in [1.165, 1.54) is 5.56 Å². The van der Waals surface area contributed by atoms with E-state index < -0.39 is 0 Å². The number of hydrogen-bond acceptors (Lipinski definition) is 5. The highest BCUT2D eigenvalue weighted by molar-refractivity contribution is 6.10. The Balaban J connectivity index is 0.00000163. The van der Waals surface area contributed by atoms with Crippen LogP contribution in [0.4, 0.5) is 0 Å². The summed E-state index contributed by atoms with van der Waals surface area (Å²) in [7, 11) is 2.17. The highest BCUT2D eigenvalue weighted by atomic mass is 15.2. The maximum absolute atomic E-state index is 4.73. The van der Waals surface area contributed by atoms with Crippen LogP contribution < -0.4 is 10.6 Å². The second kappa shape index (κ2) is 16.6. The van der Waals surface area contributed by atoms with Gasteiger partial charge in [-0.25, -0.2) is 0 Å². The van der Waals surface area contributed by atoms with Crippen LogP contribution in [0.5, 0.6) is 0 Å². The highest BCUT2D eigenvalue weighted by Gasteiger charge is 2.15. The van der Waals surface area contributed by atoms with Crippen molar-refractivity contribution in [2.75, 3.05) is 39.9 Å². The summed E-state index contributed by atoms with van der Waals surface area (Å²) in [5, 5.41) is 6.86. The summed E-state index contributed by atoms with van der Waals surface area (Å²) < 4.78 is 0. The van der Waals surface area contributed by atoms with Crippen molar-refractivity contribution < 1.29 is 0 Å². The number of aliphatic imine (C=N–C) groups is 1. The Kier molecular flexibility index (Phi) is 14.4. The minimum absolute atomic E-state index is 0.341. The molecule has 1 aromatic rings. The fourth-order valence-corrected chi connectivity index (χ4v) is 4.06. The highest BCUT2D eigenvalue weighted by Crippen LogP contribution is 2.21. The molecule has 0 unspecified atom stereocenters. The molecule has 3 rings (SSSR count). The summed E-state index contributed by atoms with van der Waals surface area (Å²) in [4.78, 5) is 9.44. The molecule has 5 nitrogen and oxygen atoms in total. The largest absolute Gasteiger partial charge is 0.383 e. The molecule has 2 N–H and O–H groups in total. The zero-order valence-corrected chi connectivity index (χ0v) is 24.9. The summed E-state index contributed by atoms with van der Waals surface area (Å²) in [6.07, 6.45) is 8.54. The molecule has 0 aliphatic carbocycles. The van der Waals surface area contributed by atoms with Gasteiger partial charge < -0.3 is 20.4 Å². The molecule has 2 aliphatic heterocycles. The summed E-state index contributed by atoms with van der Waals surface area (Å²) in [6, 6.07) is 6.81. The van der Waals surface area contributed by atoms with Crippen LogP contribution in [0.3, 0.4) is 0 Å². The van der Waals surface area contributed by atoms with Crippen LogP contribution in [-0.4, -0.2) is 61.4 Å². The van der Waals surface area contributed by atoms with E-state index in [1.807, 2.05) is 27.7 Å². The van der Waals surface area contributed by atoms with Gasteiger partial charge in [-0.2, -0.15) is 0 Å². The van der Waals surface area contributed by atoms with Crippen LogP contribution in [0, 0.1) is 6.92 Å². The average molecular weight is 506 g/mol. The van der Waals surface area contributed by atoms with Crippen LogP contribution in [0.1, 0.15) is 65.2 Å². The number of piperazine rings is 1. The van der Waals surface area contributed by atoms with E-state index >= 15 is 0 Å². The standard InChI is InChI=1S/C28H39N5.2C2H6/c1-8-24(12-10-22(5)33-15-13-32(7)14-16-33)27-18-28(30-19-29-27)25-11-9-21(4)26(17-25)23(6)31-20(2)3;2*1-2/h8-12,17-18,20,29,31H,5-6,13-16,19H2,1-4,7H3;2*1-2H3/b12-10-,24-8+;;. The lowest BCUT2D eigenvalue weighted by molar-refractivity contribution is 0.190. The van der Waals surface area contributed by atoms with Gasteiger partial charge in [-0.15, -0.1) is 0 Å². The maximum atomic E-state index is 4.73. The molecular weight excluding hydrogens is 454 g/mol. The van der Waals surface area contributed by atoms with Gasteiger partial charge in [0.25, 0.3) is 0 Å². The number of benzene rings is 1. The van der Waals surface area contributed by atoms with Crippen LogP contribution in [-0.2, 0) is 0 Å². The molecule has 1 saturated heterocycles. The lowest BCUT2D eigenvalue weighted by atomic mass is 9.98. The van der Waals surface area contributed by atoms with Crippen molar-refractivity contribution in [3.05, 3.63) is 89.3 Å². The van der Waals surface area contributed by atoms with Crippen LogP contribution in [0.15, 0.2) is 77.6 Å². The fourth-order valence-electron chi connectivity index (χ4n) is 4.06. The number of nitrogens with one attached hydrogen (secondary N) is 2. The summed E-state index contributed by atoms with van der Waals surface area (Å²) >= 11 is 0. The number of hydrogen-bond donors (Lipinski definition) is 2. The van der Waals surface area contributed by atoms with Gasteiger partial charge >= 0.3 is 0 Å². The monoisotopic (exact) mass is 505 g/mol. The van der Waals surface area contributed by atoms with Crippen molar-refractivity contribution in [2.45, 2.75) is 61.4 Å². The lowest BCUT2D eigenvalue weighted by Crippen LogP contribution is -2.43. The molecule has 0 aromatic heterocycles. The molecule has 2 aliphatic rings. The van der Waals surface area contributed by atoms with Gasteiger partial charge in [0.1, 0.15) is 6.67 Å². The molecule has 0 radical (unpaired) electrons. The molecule has 0 spiro atoms. The Bertz CT molecular complexity index is 1000. The quantitative estimate of drug-likeness (QED) is 0.395. The molecule has 1 fully saturated rings.